The normalized spacial score (nSPS) is 20.5. The van der Waals surface area contributed by atoms with Crippen molar-refractivity contribution in [2.45, 2.75) is 72.2 Å². The van der Waals surface area contributed by atoms with Crippen LogP contribution in [0.3, 0.4) is 0 Å². The van der Waals surface area contributed by atoms with Crippen molar-refractivity contribution in [2.75, 3.05) is 13.1 Å². The molecule has 2 atom stereocenters. The SMILES string of the molecule is CCCn1nc(C(=O)N2CC(C)N(C(=O)OC(C)(C)C)CC2C)ccc1=O. The van der Waals surface area contributed by atoms with E-state index in [0.29, 0.717) is 19.6 Å². The Labute approximate surface area is 160 Å². The lowest BCUT2D eigenvalue weighted by atomic mass is 10.1. The average Bonchev–Trinajstić information content (AvgIpc) is 2.56. The van der Waals surface area contributed by atoms with Crippen LogP contribution in [0.2, 0.25) is 0 Å². The molecule has 2 amide bonds. The van der Waals surface area contributed by atoms with Gasteiger partial charge >= 0.3 is 6.09 Å². The zero-order chi connectivity index (χ0) is 20.4. The highest BCUT2D eigenvalue weighted by Crippen LogP contribution is 2.20. The fraction of sp³-hybridized carbons (Fsp3) is 0.684. The largest absolute Gasteiger partial charge is 0.444 e. The Morgan fingerprint density at radius 1 is 1.15 bits per heavy atom. The molecule has 1 aliphatic heterocycles. The van der Waals surface area contributed by atoms with Crippen LogP contribution < -0.4 is 5.56 Å². The molecule has 8 nitrogen and oxygen atoms in total. The van der Waals surface area contributed by atoms with E-state index < -0.39 is 5.60 Å². The molecule has 0 aliphatic carbocycles. The van der Waals surface area contributed by atoms with Crippen molar-refractivity contribution in [3.05, 3.63) is 28.2 Å². The summed E-state index contributed by atoms with van der Waals surface area (Å²) in [6, 6.07) is 2.48. The topological polar surface area (TPSA) is 84.7 Å². The average molecular weight is 378 g/mol. The molecule has 1 saturated heterocycles. The Hall–Kier alpha value is -2.38. The molecule has 1 fully saturated rings. The van der Waals surface area contributed by atoms with Gasteiger partial charge in [0.1, 0.15) is 11.3 Å². The highest BCUT2D eigenvalue weighted by molar-refractivity contribution is 5.92. The van der Waals surface area contributed by atoms with E-state index in [2.05, 4.69) is 5.10 Å². The molecule has 0 bridgehead atoms. The summed E-state index contributed by atoms with van der Waals surface area (Å²) in [4.78, 5) is 40.5. The van der Waals surface area contributed by atoms with Gasteiger partial charge in [-0.05, 0) is 47.1 Å². The number of hydrogen-bond acceptors (Lipinski definition) is 5. The molecule has 1 aromatic rings. The molecule has 8 heteroatoms. The van der Waals surface area contributed by atoms with Gasteiger partial charge < -0.3 is 14.5 Å². The summed E-state index contributed by atoms with van der Waals surface area (Å²) < 4.78 is 6.78. The molecule has 27 heavy (non-hydrogen) atoms. The van der Waals surface area contributed by atoms with Gasteiger partial charge in [0.25, 0.3) is 11.5 Å². The number of piperazine rings is 1. The van der Waals surface area contributed by atoms with Crippen LogP contribution in [0.15, 0.2) is 16.9 Å². The van der Waals surface area contributed by atoms with Crippen molar-refractivity contribution >= 4 is 12.0 Å². The summed E-state index contributed by atoms with van der Waals surface area (Å²) in [7, 11) is 0. The molecule has 0 radical (unpaired) electrons. The van der Waals surface area contributed by atoms with Crippen LogP contribution in [-0.4, -0.2) is 62.4 Å². The molecule has 0 spiro atoms. The zero-order valence-corrected chi connectivity index (χ0v) is 17.1. The number of carbonyl (C=O) groups excluding carboxylic acids is 2. The van der Waals surface area contributed by atoms with E-state index in [0.717, 1.165) is 6.42 Å². The van der Waals surface area contributed by atoms with Gasteiger partial charge in [-0.15, -0.1) is 0 Å². The summed E-state index contributed by atoms with van der Waals surface area (Å²) in [6.07, 6.45) is 0.385. The van der Waals surface area contributed by atoms with Crippen LogP contribution in [0.5, 0.6) is 0 Å². The zero-order valence-electron chi connectivity index (χ0n) is 17.1. The summed E-state index contributed by atoms with van der Waals surface area (Å²) >= 11 is 0. The second-order valence-corrected chi connectivity index (χ2v) is 8.07. The van der Waals surface area contributed by atoms with Gasteiger partial charge in [-0.2, -0.15) is 5.10 Å². The van der Waals surface area contributed by atoms with Crippen LogP contribution in [0.25, 0.3) is 0 Å². The lowest BCUT2D eigenvalue weighted by molar-refractivity contribution is -0.00805. The predicted octanol–water partition coefficient (Wildman–Crippen LogP) is 2.12. The second kappa shape index (κ2) is 8.10. The quantitative estimate of drug-likeness (QED) is 0.804. The molecule has 1 aromatic heterocycles. The summed E-state index contributed by atoms with van der Waals surface area (Å²) in [5.41, 5.74) is -0.540. The molecule has 1 aliphatic rings. The van der Waals surface area contributed by atoms with Gasteiger partial charge in [0.15, 0.2) is 0 Å². The first-order valence-electron chi connectivity index (χ1n) is 9.42. The fourth-order valence-corrected chi connectivity index (χ4v) is 3.07. The number of nitrogens with zero attached hydrogens (tertiary/aromatic N) is 4. The number of aromatic nitrogens is 2. The predicted molar refractivity (Wildman–Crippen MR) is 102 cm³/mol. The molecule has 2 unspecified atom stereocenters. The van der Waals surface area contributed by atoms with E-state index in [1.54, 1.807) is 9.80 Å². The molecule has 150 valence electrons. The van der Waals surface area contributed by atoms with Gasteiger partial charge in [-0.3, -0.25) is 9.59 Å². The minimum atomic E-state index is -0.566. The maximum Gasteiger partial charge on any atom is 0.410 e. The maximum atomic E-state index is 12.9. The third kappa shape index (κ3) is 5.08. The van der Waals surface area contributed by atoms with E-state index >= 15 is 0 Å². The molecule has 0 N–H and O–H groups in total. The molecule has 2 rings (SSSR count). The minimum absolute atomic E-state index is 0.179. The third-order valence-electron chi connectivity index (χ3n) is 4.40. The van der Waals surface area contributed by atoms with Gasteiger partial charge in [0.2, 0.25) is 0 Å². The Morgan fingerprint density at radius 2 is 1.74 bits per heavy atom. The van der Waals surface area contributed by atoms with Gasteiger partial charge in [-0.1, -0.05) is 6.92 Å². The Kier molecular flexibility index (Phi) is 6.28. The van der Waals surface area contributed by atoms with Crippen molar-refractivity contribution in [3.8, 4) is 0 Å². The molecule has 0 saturated carbocycles. The molecule has 0 aromatic carbocycles. The van der Waals surface area contributed by atoms with Crippen molar-refractivity contribution in [3.63, 3.8) is 0 Å². The summed E-state index contributed by atoms with van der Waals surface area (Å²) in [5.74, 6) is -0.233. The van der Waals surface area contributed by atoms with E-state index in [1.165, 1.54) is 16.8 Å². The third-order valence-corrected chi connectivity index (χ3v) is 4.40. The number of rotatable bonds is 3. The standard InChI is InChI=1S/C19H30N4O4/c1-7-10-23-16(24)9-8-15(20-23)17(25)21-11-14(3)22(12-13(21)2)18(26)27-19(4,5)6/h8-9,13-14H,7,10-12H2,1-6H3. The van der Waals surface area contributed by atoms with Crippen molar-refractivity contribution in [1.82, 2.24) is 19.6 Å². The summed E-state index contributed by atoms with van der Waals surface area (Å²) in [6.45, 7) is 12.5. The van der Waals surface area contributed by atoms with Crippen molar-refractivity contribution in [2.24, 2.45) is 0 Å². The molecular formula is C19H30N4O4. The minimum Gasteiger partial charge on any atom is -0.444 e. The number of amides is 2. The summed E-state index contributed by atoms with van der Waals surface area (Å²) in [5, 5.41) is 4.21. The first-order chi connectivity index (χ1) is 12.5. The van der Waals surface area contributed by atoms with E-state index in [1.807, 2.05) is 41.5 Å². The van der Waals surface area contributed by atoms with Crippen LogP contribution in [0.1, 0.15) is 58.5 Å². The van der Waals surface area contributed by atoms with E-state index in [9.17, 15) is 14.4 Å². The number of ether oxygens (including phenoxy) is 1. The second-order valence-electron chi connectivity index (χ2n) is 8.07. The number of aryl methyl sites for hydroxylation is 1. The van der Waals surface area contributed by atoms with Crippen molar-refractivity contribution in [1.29, 1.82) is 0 Å². The van der Waals surface area contributed by atoms with E-state index in [-0.39, 0.29) is 35.3 Å². The van der Waals surface area contributed by atoms with Crippen LogP contribution in [0.4, 0.5) is 4.79 Å². The van der Waals surface area contributed by atoms with Crippen LogP contribution >= 0.6 is 0 Å². The Morgan fingerprint density at radius 3 is 2.33 bits per heavy atom. The fourth-order valence-electron chi connectivity index (χ4n) is 3.07. The van der Waals surface area contributed by atoms with E-state index in [4.69, 9.17) is 4.74 Å². The maximum absolute atomic E-state index is 12.9. The Bertz CT molecular complexity index is 753. The molecule has 2 heterocycles. The first kappa shape index (κ1) is 20.9. The highest BCUT2D eigenvalue weighted by atomic mass is 16.6. The highest BCUT2D eigenvalue weighted by Gasteiger charge is 2.37. The van der Waals surface area contributed by atoms with Gasteiger partial charge in [0.05, 0.1) is 0 Å². The van der Waals surface area contributed by atoms with Gasteiger partial charge in [0, 0.05) is 37.8 Å². The number of carbonyl (C=O) groups is 2. The lowest BCUT2D eigenvalue weighted by Crippen LogP contribution is -2.60. The monoisotopic (exact) mass is 378 g/mol. The first-order valence-corrected chi connectivity index (χ1v) is 9.42. The van der Waals surface area contributed by atoms with Crippen LogP contribution in [-0.2, 0) is 11.3 Å². The molecular weight excluding hydrogens is 348 g/mol. The van der Waals surface area contributed by atoms with Crippen molar-refractivity contribution < 1.29 is 14.3 Å². The smallest absolute Gasteiger partial charge is 0.410 e. The van der Waals surface area contributed by atoms with Crippen LogP contribution in [0, 0.1) is 0 Å². The number of hydrogen-bond donors (Lipinski definition) is 0. The Balaban J connectivity index is 2.15. The van der Waals surface area contributed by atoms with Gasteiger partial charge in [-0.25, -0.2) is 9.48 Å². The lowest BCUT2D eigenvalue weighted by Gasteiger charge is -2.44.